The van der Waals surface area contributed by atoms with Gasteiger partial charge in [-0.25, -0.2) is 0 Å². The zero-order valence-corrected chi connectivity index (χ0v) is 11.0. The summed E-state index contributed by atoms with van der Waals surface area (Å²) in [4.78, 5) is 2.72. The van der Waals surface area contributed by atoms with Gasteiger partial charge in [-0.15, -0.1) is 0 Å². The minimum absolute atomic E-state index is 0.648. The molecule has 2 atom stereocenters. The molecule has 0 N–H and O–H groups in total. The molecule has 0 saturated carbocycles. The maximum absolute atomic E-state index is 2.72. The van der Waals surface area contributed by atoms with Crippen LogP contribution in [0.4, 0.5) is 0 Å². The topological polar surface area (TPSA) is 8.17 Å². The fraction of sp³-hybridized carbons (Fsp3) is 0.412. The molecule has 0 radical (unpaired) electrons. The second-order valence-corrected chi connectivity index (χ2v) is 6.13. The van der Waals surface area contributed by atoms with Crippen molar-refractivity contribution in [3.63, 3.8) is 0 Å². The molecule has 0 aliphatic carbocycles. The van der Waals surface area contributed by atoms with Crippen LogP contribution < -0.4 is 0 Å². The Labute approximate surface area is 113 Å². The Morgan fingerprint density at radius 3 is 3.05 bits per heavy atom. The number of hydrogen-bond donors (Lipinski definition) is 0. The van der Waals surface area contributed by atoms with Gasteiger partial charge in [-0.05, 0) is 43.4 Å². The van der Waals surface area contributed by atoms with Gasteiger partial charge in [0, 0.05) is 23.8 Å². The van der Waals surface area contributed by atoms with Crippen LogP contribution >= 0.6 is 0 Å². The maximum atomic E-state index is 2.72. The zero-order valence-electron chi connectivity index (χ0n) is 11.0. The van der Waals surface area contributed by atoms with Crippen molar-refractivity contribution >= 4 is 17.1 Å². The first kappa shape index (κ1) is 10.3. The molecule has 2 heteroatoms. The Hall–Kier alpha value is -1.54. The van der Waals surface area contributed by atoms with Gasteiger partial charge in [-0.3, -0.25) is 4.90 Å². The van der Waals surface area contributed by atoms with Crippen LogP contribution in [0.1, 0.15) is 30.1 Å². The largest absolute Gasteiger partial charge is 0.319 e. The molecule has 1 saturated heterocycles. The van der Waals surface area contributed by atoms with E-state index in [1.165, 1.54) is 43.3 Å². The van der Waals surface area contributed by atoms with Gasteiger partial charge < -0.3 is 4.57 Å². The maximum Gasteiger partial charge on any atom is 0.0571 e. The predicted molar refractivity (Wildman–Crippen MR) is 78.0 cm³/mol. The molecule has 0 amide bonds. The molecule has 5 rings (SSSR count). The lowest BCUT2D eigenvalue weighted by Gasteiger charge is -2.45. The van der Waals surface area contributed by atoms with E-state index in [2.05, 4.69) is 46.0 Å². The predicted octanol–water partition coefficient (Wildman–Crippen LogP) is 3.43. The van der Waals surface area contributed by atoms with E-state index >= 15 is 0 Å². The number of para-hydroxylation sites is 1. The average molecular weight is 250 g/mol. The molecule has 3 aliphatic heterocycles. The average Bonchev–Trinajstić information content (AvgIpc) is 2.81. The molecule has 3 aliphatic rings. The van der Waals surface area contributed by atoms with E-state index in [-0.39, 0.29) is 0 Å². The highest BCUT2D eigenvalue weighted by atomic mass is 15.2. The first-order valence-corrected chi connectivity index (χ1v) is 7.47. The molecule has 19 heavy (non-hydrogen) atoms. The number of nitrogens with zero attached hydrogens (tertiary/aromatic N) is 2. The number of aromatic nitrogens is 1. The van der Waals surface area contributed by atoms with E-state index in [1.54, 1.807) is 11.3 Å². The molecule has 0 bridgehead atoms. The summed E-state index contributed by atoms with van der Waals surface area (Å²) in [5, 5.41) is 1.48. The smallest absolute Gasteiger partial charge is 0.0571 e. The first-order chi connectivity index (χ1) is 9.43. The molecular formula is C17H18N2. The summed E-state index contributed by atoms with van der Waals surface area (Å²) in [5.74, 6) is 0.740. The first-order valence-electron chi connectivity index (χ1n) is 7.47. The van der Waals surface area contributed by atoms with Crippen LogP contribution in [0.5, 0.6) is 0 Å². The van der Waals surface area contributed by atoms with Crippen LogP contribution in [0, 0.1) is 5.92 Å². The van der Waals surface area contributed by atoms with Crippen molar-refractivity contribution in [1.82, 2.24) is 9.47 Å². The summed E-state index contributed by atoms with van der Waals surface area (Å²) in [5.41, 5.74) is 4.61. The molecule has 4 heterocycles. The van der Waals surface area contributed by atoms with E-state index in [0.29, 0.717) is 6.04 Å². The van der Waals surface area contributed by atoms with Gasteiger partial charge in [-0.1, -0.05) is 24.3 Å². The van der Waals surface area contributed by atoms with Crippen molar-refractivity contribution in [2.45, 2.75) is 25.3 Å². The minimum Gasteiger partial charge on any atom is -0.319 e. The number of benzene rings is 1. The molecule has 1 aromatic carbocycles. The van der Waals surface area contributed by atoms with E-state index in [9.17, 15) is 0 Å². The molecule has 1 aromatic heterocycles. The quantitative estimate of drug-likeness (QED) is 0.695. The van der Waals surface area contributed by atoms with Crippen molar-refractivity contribution in [2.75, 3.05) is 13.1 Å². The third kappa shape index (κ3) is 1.20. The fourth-order valence-corrected chi connectivity index (χ4v) is 4.47. The summed E-state index contributed by atoms with van der Waals surface area (Å²) in [6.07, 6.45) is 8.72. The Bertz CT molecular complexity index is 695. The highest BCUT2D eigenvalue weighted by molar-refractivity contribution is 5.88. The standard InChI is InChI=1S/C17H18N2/c1-2-6-15-13(5-1)14-8-10-18-9-3-4-12-7-11-19(15)17(14)16(12)18/h1-2,5-7,11-12,16H,3-4,8-10H2/t12-,16+/m1/s1. The van der Waals surface area contributed by atoms with E-state index in [1.807, 2.05) is 0 Å². The van der Waals surface area contributed by atoms with Crippen LogP contribution in [-0.4, -0.2) is 22.6 Å². The SMILES string of the molecule is C1=Cn2c3c(c4ccccc42)CCN2CCC[C@H]1[C@@H]32. The highest BCUT2D eigenvalue weighted by Crippen LogP contribution is 2.46. The fourth-order valence-electron chi connectivity index (χ4n) is 4.47. The summed E-state index contributed by atoms with van der Waals surface area (Å²) in [6, 6.07) is 9.56. The Morgan fingerprint density at radius 1 is 1.11 bits per heavy atom. The lowest BCUT2D eigenvalue weighted by Crippen LogP contribution is -2.44. The van der Waals surface area contributed by atoms with E-state index < -0.39 is 0 Å². The second-order valence-electron chi connectivity index (χ2n) is 6.13. The van der Waals surface area contributed by atoms with Crippen LogP contribution in [-0.2, 0) is 6.42 Å². The van der Waals surface area contributed by atoms with Gasteiger partial charge in [-0.2, -0.15) is 0 Å². The van der Waals surface area contributed by atoms with Gasteiger partial charge in [0.15, 0.2) is 0 Å². The Morgan fingerprint density at radius 2 is 2.05 bits per heavy atom. The van der Waals surface area contributed by atoms with Crippen molar-refractivity contribution in [3.05, 3.63) is 41.6 Å². The van der Waals surface area contributed by atoms with Gasteiger partial charge in [0.05, 0.1) is 11.6 Å². The van der Waals surface area contributed by atoms with Crippen molar-refractivity contribution < 1.29 is 0 Å². The van der Waals surface area contributed by atoms with Gasteiger partial charge in [0.2, 0.25) is 0 Å². The molecule has 2 nitrogen and oxygen atoms in total. The Balaban J connectivity index is 1.87. The van der Waals surface area contributed by atoms with Crippen LogP contribution in [0.3, 0.4) is 0 Å². The summed E-state index contributed by atoms with van der Waals surface area (Å²) in [7, 11) is 0. The van der Waals surface area contributed by atoms with Gasteiger partial charge in [0.25, 0.3) is 0 Å². The minimum atomic E-state index is 0.648. The lowest BCUT2D eigenvalue weighted by atomic mass is 9.81. The van der Waals surface area contributed by atoms with Crippen LogP contribution in [0.15, 0.2) is 30.3 Å². The van der Waals surface area contributed by atoms with Gasteiger partial charge in [0.1, 0.15) is 0 Å². The third-order valence-electron chi connectivity index (χ3n) is 5.25. The lowest BCUT2D eigenvalue weighted by molar-refractivity contribution is 0.0982. The van der Waals surface area contributed by atoms with E-state index in [0.717, 1.165) is 5.92 Å². The normalized spacial score (nSPS) is 28.6. The van der Waals surface area contributed by atoms with Crippen molar-refractivity contribution in [3.8, 4) is 0 Å². The van der Waals surface area contributed by atoms with Gasteiger partial charge >= 0.3 is 0 Å². The number of fused-ring (bicyclic) bond motifs is 3. The van der Waals surface area contributed by atoms with Crippen LogP contribution in [0.25, 0.3) is 17.1 Å². The highest BCUT2D eigenvalue weighted by Gasteiger charge is 2.40. The molecule has 1 fully saturated rings. The molecule has 2 aromatic rings. The van der Waals surface area contributed by atoms with Crippen molar-refractivity contribution in [2.24, 2.45) is 5.92 Å². The molecule has 0 spiro atoms. The second kappa shape index (κ2) is 3.51. The van der Waals surface area contributed by atoms with E-state index in [4.69, 9.17) is 0 Å². The summed E-state index contributed by atoms with van der Waals surface area (Å²) < 4.78 is 2.46. The molecular weight excluding hydrogens is 232 g/mol. The monoisotopic (exact) mass is 250 g/mol. The summed E-state index contributed by atoms with van der Waals surface area (Å²) in [6.45, 7) is 2.53. The molecule has 96 valence electrons. The Kier molecular flexibility index (Phi) is 1.90. The zero-order chi connectivity index (χ0) is 12.4. The third-order valence-corrected chi connectivity index (χ3v) is 5.25. The number of hydrogen-bond acceptors (Lipinski definition) is 1. The molecule has 0 unspecified atom stereocenters. The number of rotatable bonds is 0. The number of piperidine rings is 1. The van der Waals surface area contributed by atoms with Crippen LogP contribution in [0.2, 0.25) is 0 Å². The summed E-state index contributed by atoms with van der Waals surface area (Å²) >= 11 is 0. The van der Waals surface area contributed by atoms with Crippen molar-refractivity contribution in [1.29, 1.82) is 0 Å².